The summed E-state index contributed by atoms with van der Waals surface area (Å²) in [5.41, 5.74) is 1.22. The van der Waals surface area contributed by atoms with E-state index in [1.807, 2.05) is 6.92 Å². The fourth-order valence-electron chi connectivity index (χ4n) is 1.36. The van der Waals surface area contributed by atoms with Crippen LogP contribution in [-0.2, 0) is 0 Å². The lowest BCUT2D eigenvalue weighted by Crippen LogP contribution is -2.14. The zero-order chi connectivity index (χ0) is 13.0. The molecule has 5 nitrogen and oxygen atoms in total. The van der Waals surface area contributed by atoms with Gasteiger partial charge in [-0.15, -0.1) is 0 Å². The van der Waals surface area contributed by atoms with Gasteiger partial charge in [0.05, 0.1) is 15.6 Å². The molecule has 0 fully saturated rings. The summed E-state index contributed by atoms with van der Waals surface area (Å²) < 4.78 is 0. The van der Waals surface area contributed by atoms with Crippen LogP contribution in [0.2, 0.25) is 10.2 Å². The van der Waals surface area contributed by atoms with Gasteiger partial charge in [-0.1, -0.05) is 30.1 Å². The number of hydrogen-bond donors (Lipinski definition) is 1. The molecule has 0 saturated heterocycles. The van der Waals surface area contributed by atoms with E-state index >= 15 is 0 Å². The van der Waals surface area contributed by atoms with Crippen molar-refractivity contribution in [2.45, 2.75) is 12.8 Å². The number of likely N-dealkylation sites (N-methyl/N-ethyl adjacent to an activating group) is 1. The van der Waals surface area contributed by atoms with Crippen LogP contribution in [0.25, 0.3) is 0 Å². The molecule has 0 aliphatic carbocycles. The predicted octanol–water partition coefficient (Wildman–Crippen LogP) is 2.83. The van der Waals surface area contributed by atoms with Gasteiger partial charge >= 0.3 is 0 Å². The molecule has 0 aliphatic heterocycles. The molecule has 0 bridgehead atoms. The summed E-state index contributed by atoms with van der Waals surface area (Å²) in [5, 5.41) is 13.8. The number of nitrogens with zero attached hydrogens (tertiary/aromatic N) is 2. The van der Waals surface area contributed by atoms with Crippen molar-refractivity contribution in [2.24, 2.45) is 0 Å². The maximum absolute atomic E-state index is 10.5. The van der Waals surface area contributed by atoms with E-state index < -0.39 is 4.92 Å². The SMILES string of the molecule is CNC(=C[N+](=O)[O-])C(C)c1cnc(Cl)c(Cl)c1. The van der Waals surface area contributed by atoms with E-state index in [0.29, 0.717) is 10.7 Å². The number of aromatic nitrogens is 1. The van der Waals surface area contributed by atoms with E-state index in [9.17, 15) is 10.1 Å². The highest BCUT2D eigenvalue weighted by Crippen LogP contribution is 2.27. The second kappa shape index (κ2) is 5.84. The Bertz CT molecular complexity index is 463. The third-order valence-electron chi connectivity index (χ3n) is 2.32. The number of pyridine rings is 1. The van der Waals surface area contributed by atoms with Crippen LogP contribution in [0.5, 0.6) is 0 Å². The zero-order valence-corrected chi connectivity index (χ0v) is 10.8. The number of hydrogen-bond acceptors (Lipinski definition) is 4. The van der Waals surface area contributed by atoms with Gasteiger partial charge in [-0.3, -0.25) is 10.1 Å². The molecular weight excluding hydrogens is 265 g/mol. The first-order valence-corrected chi connectivity index (χ1v) is 5.55. The second-order valence-electron chi connectivity index (χ2n) is 3.38. The van der Waals surface area contributed by atoms with E-state index in [1.54, 1.807) is 19.3 Å². The van der Waals surface area contributed by atoms with Gasteiger partial charge in [0.2, 0.25) is 0 Å². The van der Waals surface area contributed by atoms with Crippen LogP contribution in [0.4, 0.5) is 0 Å². The molecule has 92 valence electrons. The average molecular weight is 276 g/mol. The Balaban J connectivity index is 3.06. The number of allylic oxidation sites excluding steroid dienone is 1. The fraction of sp³-hybridized carbons (Fsp3) is 0.300. The Morgan fingerprint density at radius 1 is 1.65 bits per heavy atom. The Labute approximate surface area is 109 Å². The Morgan fingerprint density at radius 2 is 2.29 bits per heavy atom. The highest BCUT2D eigenvalue weighted by Gasteiger charge is 2.15. The van der Waals surface area contributed by atoms with E-state index in [2.05, 4.69) is 10.3 Å². The third-order valence-corrected chi connectivity index (χ3v) is 3.00. The number of rotatable bonds is 4. The van der Waals surface area contributed by atoms with Gasteiger partial charge in [-0.25, -0.2) is 4.98 Å². The van der Waals surface area contributed by atoms with Crippen LogP contribution >= 0.6 is 23.2 Å². The molecule has 1 aromatic heterocycles. The normalized spacial score (nSPS) is 13.3. The molecule has 0 saturated carbocycles. The van der Waals surface area contributed by atoms with Crippen molar-refractivity contribution in [1.29, 1.82) is 0 Å². The molecule has 0 amide bonds. The van der Waals surface area contributed by atoms with Crippen molar-refractivity contribution in [3.05, 3.63) is 50.0 Å². The summed E-state index contributed by atoms with van der Waals surface area (Å²) in [6, 6.07) is 1.65. The quantitative estimate of drug-likeness (QED) is 0.521. The van der Waals surface area contributed by atoms with Gasteiger partial charge in [0.25, 0.3) is 6.20 Å². The van der Waals surface area contributed by atoms with E-state index in [-0.39, 0.29) is 11.1 Å². The molecule has 0 aromatic carbocycles. The predicted molar refractivity (Wildman–Crippen MR) is 66.8 cm³/mol. The molecule has 1 rings (SSSR count). The van der Waals surface area contributed by atoms with Crippen molar-refractivity contribution in [1.82, 2.24) is 10.3 Å². The van der Waals surface area contributed by atoms with Crippen molar-refractivity contribution < 1.29 is 4.92 Å². The van der Waals surface area contributed by atoms with Gasteiger partial charge in [-0.05, 0) is 11.6 Å². The molecule has 17 heavy (non-hydrogen) atoms. The molecule has 1 atom stereocenters. The standard InChI is InChI=1S/C10H11Cl2N3O2/c1-6(9(13-2)5-15(16)17)7-3-8(11)10(12)14-4-7/h3-6,13H,1-2H3. The summed E-state index contributed by atoms with van der Waals surface area (Å²) >= 11 is 11.5. The van der Waals surface area contributed by atoms with E-state index in [0.717, 1.165) is 11.8 Å². The molecule has 1 N–H and O–H groups in total. The van der Waals surface area contributed by atoms with Crippen LogP contribution in [0, 0.1) is 10.1 Å². The van der Waals surface area contributed by atoms with Crippen molar-refractivity contribution in [3.63, 3.8) is 0 Å². The minimum absolute atomic E-state index is 0.215. The number of nitro groups is 1. The Morgan fingerprint density at radius 3 is 2.76 bits per heavy atom. The van der Waals surface area contributed by atoms with Crippen molar-refractivity contribution in [2.75, 3.05) is 7.05 Å². The highest BCUT2D eigenvalue weighted by atomic mass is 35.5. The Hall–Kier alpha value is -1.33. The summed E-state index contributed by atoms with van der Waals surface area (Å²) in [6.45, 7) is 1.81. The van der Waals surface area contributed by atoms with Crippen LogP contribution in [0.15, 0.2) is 24.2 Å². The molecule has 1 aromatic rings. The second-order valence-corrected chi connectivity index (χ2v) is 4.15. The van der Waals surface area contributed by atoms with Gasteiger partial charge in [0, 0.05) is 19.2 Å². The van der Waals surface area contributed by atoms with E-state index in [1.165, 1.54) is 0 Å². The molecule has 0 aliphatic rings. The third kappa shape index (κ3) is 3.57. The summed E-state index contributed by atoms with van der Waals surface area (Å²) in [5.74, 6) is -0.215. The van der Waals surface area contributed by atoms with Crippen LogP contribution in [0.1, 0.15) is 18.4 Å². The van der Waals surface area contributed by atoms with Crippen LogP contribution in [-0.4, -0.2) is 17.0 Å². The lowest BCUT2D eigenvalue weighted by Gasteiger charge is -2.13. The number of nitrogens with one attached hydrogen (secondary N) is 1. The monoisotopic (exact) mass is 275 g/mol. The van der Waals surface area contributed by atoms with Gasteiger partial charge < -0.3 is 5.32 Å². The first kappa shape index (κ1) is 13.7. The first-order chi connectivity index (χ1) is 7.95. The smallest absolute Gasteiger partial charge is 0.253 e. The van der Waals surface area contributed by atoms with Crippen molar-refractivity contribution >= 4 is 23.2 Å². The molecule has 1 unspecified atom stereocenters. The largest absolute Gasteiger partial charge is 0.386 e. The molecule has 0 radical (unpaired) electrons. The first-order valence-electron chi connectivity index (χ1n) is 4.79. The van der Waals surface area contributed by atoms with E-state index in [4.69, 9.17) is 23.2 Å². The van der Waals surface area contributed by atoms with Crippen LogP contribution in [0.3, 0.4) is 0 Å². The van der Waals surface area contributed by atoms with Gasteiger partial charge in [0.1, 0.15) is 5.15 Å². The molecule has 0 spiro atoms. The lowest BCUT2D eigenvalue weighted by molar-refractivity contribution is -0.404. The molecular formula is C10H11Cl2N3O2. The minimum atomic E-state index is -0.507. The summed E-state index contributed by atoms with van der Waals surface area (Å²) in [4.78, 5) is 13.8. The van der Waals surface area contributed by atoms with Crippen LogP contribution < -0.4 is 5.32 Å². The maximum Gasteiger partial charge on any atom is 0.253 e. The lowest BCUT2D eigenvalue weighted by atomic mass is 10.00. The number of halogens is 2. The molecule has 7 heteroatoms. The highest BCUT2D eigenvalue weighted by molar-refractivity contribution is 6.41. The summed E-state index contributed by atoms with van der Waals surface area (Å²) in [7, 11) is 1.62. The zero-order valence-electron chi connectivity index (χ0n) is 9.28. The fourth-order valence-corrected chi connectivity index (χ4v) is 1.64. The molecule has 1 heterocycles. The maximum atomic E-state index is 10.5. The van der Waals surface area contributed by atoms with Crippen molar-refractivity contribution in [3.8, 4) is 0 Å². The van der Waals surface area contributed by atoms with Gasteiger partial charge in [0.15, 0.2) is 0 Å². The minimum Gasteiger partial charge on any atom is -0.386 e. The Kier molecular flexibility index (Phi) is 4.72. The van der Waals surface area contributed by atoms with Gasteiger partial charge in [-0.2, -0.15) is 0 Å². The summed E-state index contributed by atoms with van der Waals surface area (Å²) in [6.07, 6.45) is 2.47. The average Bonchev–Trinajstić information content (AvgIpc) is 2.28. The topological polar surface area (TPSA) is 68.1 Å².